The molecule has 0 unspecified atom stereocenters. The number of hydrogen-bond donors (Lipinski definition) is 2. The second kappa shape index (κ2) is 1.70. The van der Waals surface area contributed by atoms with Gasteiger partial charge in [0.25, 0.3) is 0 Å². The van der Waals surface area contributed by atoms with E-state index in [1.807, 2.05) is 0 Å². The molecule has 0 bridgehead atoms. The van der Waals surface area contributed by atoms with E-state index in [-0.39, 0.29) is 17.6 Å². The van der Waals surface area contributed by atoms with Gasteiger partial charge in [0.15, 0.2) is 0 Å². The van der Waals surface area contributed by atoms with Crippen molar-refractivity contribution < 1.29 is 5.11 Å². The average molecular weight is 129 g/mol. The molecule has 1 aliphatic carbocycles. The van der Waals surface area contributed by atoms with Crippen molar-refractivity contribution in [3.8, 4) is 0 Å². The van der Waals surface area contributed by atoms with Crippen molar-refractivity contribution in [1.29, 1.82) is 0 Å². The first-order valence-corrected chi connectivity index (χ1v) is 3.48. The van der Waals surface area contributed by atoms with E-state index in [1.165, 1.54) is 0 Å². The zero-order chi connectivity index (χ0) is 7.12. The number of aliphatic hydroxyl groups is 1. The zero-order valence-electron chi connectivity index (χ0n) is 6.15. The van der Waals surface area contributed by atoms with E-state index in [4.69, 9.17) is 10.8 Å². The Kier molecular flexibility index (Phi) is 1.33. The number of rotatable bonds is 2. The summed E-state index contributed by atoms with van der Waals surface area (Å²) in [6.07, 6.45) is 2.05. The van der Waals surface area contributed by atoms with Crippen molar-refractivity contribution in [2.45, 2.75) is 32.2 Å². The molecule has 1 rings (SSSR count). The third-order valence-electron chi connectivity index (χ3n) is 2.85. The summed E-state index contributed by atoms with van der Waals surface area (Å²) in [5.41, 5.74) is 5.76. The summed E-state index contributed by atoms with van der Waals surface area (Å²) < 4.78 is 0. The summed E-state index contributed by atoms with van der Waals surface area (Å²) in [4.78, 5) is 0. The molecule has 1 saturated carbocycles. The van der Waals surface area contributed by atoms with Crippen LogP contribution in [0.5, 0.6) is 0 Å². The maximum atomic E-state index is 8.81. The molecule has 9 heavy (non-hydrogen) atoms. The van der Waals surface area contributed by atoms with Crippen LogP contribution >= 0.6 is 0 Å². The first-order valence-electron chi connectivity index (χ1n) is 3.48. The quantitative estimate of drug-likeness (QED) is 0.570. The average Bonchev–Trinajstić information content (AvgIpc) is 2.39. The Hall–Kier alpha value is -0.0800. The molecule has 2 heteroatoms. The van der Waals surface area contributed by atoms with Gasteiger partial charge < -0.3 is 10.8 Å². The third-order valence-corrected chi connectivity index (χ3v) is 2.85. The highest BCUT2D eigenvalue weighted by atomic mass is 16.3. The van der Waals surface area contributed by atoms with Crippen LogP contribution in [-0.2, 0) is 0 Å². The van der Waals surface area contributed by atoms with Gasteiger partial charge in [-0.1, -0.05) is 13.8 Å². The van der Waals surface area contributed by atoms with Gasteiger partial charge in [0, 0.05) is 5.54 Å². The Morgan fingerprint density at radius 3 is 2.33 bits per heavy atom. The molecule has 0 amide bonds. The van der Waals surface area contributed by atoms with Gasteiger partial charge >= 0.3 is 0 Å². The van der Waals surface area contributed by atoms with Crippen molar-refractivity contribution in [2.75, 3.05) is 6.61 Å². The summed E-state index contributed by atoms with van der Waals surface area (Å²) in [7, 11) is 0. The molecule has 1 fully saturated rings. The smallest absolute Gasteiger partial charge is 0.0616 e. The van der Waals surface area contributed by atoms with Crippen LogP contribution in [0.3, 0.4) is 0 Å². The minimum absolute atomic E-state index is 0.136. The van der Waals surface area contributed by atoms with Crippen LogP contribution < -0.4 is 5.73 Å². The summed E-state index contributed by atoms with van der Waals surface area (Å²) in [6, 6.07) is 0. The Morgan fingerprint density at radius 1 is 1.67 bits per heavy atom. The van der Waals surface area contributed by atoms with Gasteiger partial charge in [0.05, 0.1) is 6.61 Å². The highest BCUT2D eigenvalue weighted by Gasteiger charge is 2.59. The second-order valence-electron chi connectivity index (χ2n) is 3.41. The van der Waals surface area contributed by atoms with E-state index in [9.17, 15) is 0 Å². The largest absolute Gasteiger partial charge is 0.394 e. The van der Waals surface area contributed by atoms with Gasteiger partial charge in [-0.15, -0.1) is 0 Å². The molecule has 0 radical (unpaired) electrons. The Balaban J connectivity index is 2.54. The maximum Gasteiger partial charge on any atom is 0.0616 e. The number of aliphatic hydroxyl groups excluding tert-OH is 1. The van der Waals surface area contributed by atoms with E-state index in [0.717, 1.165) is 12.8 Å². The van der Waals surface area contributed by atoms with Gasteiger partial charge in [-0.3, -0.25) is 0 Å². The fraction of sp³-hybridized carbons (Fsp3) is 1.00. The van der Waals surface area contributed by atoms with Crippen molar-refractivity contribution in [1.82, 2.24) is 0 Å². The van der Waals surface area contributed by atoms with Crippen molar-refractivity contribution in [3.05, 3.63) is 0 Å². The molecule has 2 nitrogen and oxygen atoms in total. The predicted octanol–water partition coefficient (Wildman–Crippen LogP) is 0.496. The molecule has 0 saturated heterocycles. The minimum Gasteiger partial charge on any atom is -0.394 e. The van der Waals surface area contributed by atoms with Crippen LogP contribution in [-0.4, -0.2) is 17.3 Å². The lowest BCUT2D eigenvalue weighted by atomic mass is 10.0. The molecule has 0 aromatic heterocycles. The molecule has 54 valence electrons. The molecule has 0 aliphatic heterocycles. The van der Waals surface area contributed by atoms with Gasteiger partial charge in [-0.05, 0) is 18.3 Å². The number of nitrogens with two attached hydrogens (primary N) is 1. The van der Waals surface area contributed by atoms with Crippen LogP contribution in [0.4, 0.5) is 0 Å². The van der Waals surface area contributed by atoms with Crippen molar-refractivity contribution in [3.63, 3.8) is 0 Å². The zero-order valence-corrected chi connectivity index (χ0v) is 6.15. The summed E-state index contributed by atoms with van der Waals surface area (Å²) in [5.74, 6) is 0. The lowest BCUT2D eigenvalue weighted by molar-refractivity contribution is 0.227. The van der Waals surface area contributed by atoms with Crippen LogP contribution in [0.1, 0.15) is 26.7 Å². The normalized spacial score (nSPS) is 49.3. The first-order chi connectivity index (χ1) is 4.08. The van der Waals surface area contributed by atoms with Crippen LogP contribution in [0.25, 0.3) is 0 Å². The summed E-state index contributed by atoms with van der Waals surface area (Å²) in [5, 5.41) is 8.81. The Morgan fingerprint density at radius 2 is 2.22 bits per heavy atom. The standard InChI is InChI=1S/C7H15NO/c1-3-6(2)4-7(6,8)5-9/h9H,3-5,8H2,1-2H3/t6-,7-/m1/s1. The van der Waals surface area contributed by atoms with E-state index in [2.05, 4.69) is 13.8 Å². The third kappa shape index (κ3) is 0.775. The fourth-order valence-electron chi connectivity index (χ4n) is 1.38. The highest BCUT2D eigenvalue weighted by Crippen LogP contribution is 2.55. The minimum atomic E-state index is -0.248. The Labute approximate surface area is 56.1 Å². The monoisotopic (exact) mass is 129 g/mol. The van der Waals surface area contributed by atoms with E-state index in [1.54, 1.807) is 0 Å². The molecule has 0 spiro atoms. The maximum absolute atomic E-state index is 8.81. The SMILES string of the molecule is CC[C@]1(C)C[C@@]1(N)CO. The topological polar surface area (TPSA) is 46.2 Å². The molecule has 0 aromatic carbocycles. The van der Waals surface area contributed by atoms with Gasteiger partial charge in [-0.25, -0.2) is 0 Å². The molecule has 3 N–H and O–H groups in total. The number of hydrogen-bond acceptors (Lipinski definition) is 2. The molecule has 0 aromatic rings. The lowest BCUT2D eigenvalue weighted by Crippen LogP contribution is -2.33. The van der Waals surface area contributed by atoms with Gasteiger partial charge in [-0.2, -0.15) is 0 Å². The van der Waals surface area contributed by atoms with Gasteiger partial charge in [0.1, 0.15) is 0 Å². The lowest BCUT2D eigenvalue weighted by Gasteiger charge is -2.13. The van der Waals surface area contributed by atoms with Crippen LogP contribution in [0.2, 0.25) is 0 Å². The van der Waals surface area contributed by atoms with Crippen LogP contribution in [0.15, 0.2) is 0 Å². The van der Waals surface area contributed by atoms with Crippen molar-refractivity contribution >= 4 is 0 Å². The molecule has 1 aliphatic rings. The van der Waals surface area contributed by atoms with Gasteiger partial charge in [0.2, 0.25) is 0 Å². The molecule has 0 heterocycles. The second-order valence-corrected chi connectivity index (χ2v) is 3.41. The fourth-order valence-corrected chi connectivity index (χ4v) is 1.38. The van der Waals surface area contributed by atoms with Crippen LogP contribution in [0, 0.1) is 5.41 Å². The summed E-state index contributed by atoms with van der Waals surface area (Å²) >= 11 is 0. The summed E-state index contributed by atoms with van der Waals surface area (Å²) in [6.45, 7) is 4.38. The molecule has 2 atom stereocenters. The van der Waals surface area contributed by atoms with E-state index >= 15 is 0 Å². The van der Waals surface area contributed by atoms with E-state index in [0.29, 0.717) is 0 Å². The van der Waals surface area contributed by atoms with Crippen molar-refractivity contribution in [2.24, 2.45) is 11.1 Å². The molecular formula is C7H15NO. The first kappa shape index (κ1) is 7.03. The predicted molar refractivity (Wildman–Crippen MR) is 37.0 cm³/mol. The van der Waals surface area contributed by atoms with E-state index < -0.39 is 0 Å². The Bertz CT molecular complexity index is 112. The molecular weight excluding hydrogens is 114 g/mol. The highest BCUT2D eigenvalue weighted by molar-refractivity contribution is 5.16.